The van der Waals surface area contributed by atoms with Gasteiger partial charge in [-0.25, -0.2) is 4.98 Å². The average molecular weight is 329 g/mol. The second-order valence-corrected chi connectivity index (χ2v) is 5.87. The van der Waals surface area contributed by atoms with Crippen molar-refractivity contribution in [1.82, 2.24) is 14.9 Å². The zero-order chi connectivity index (χ0) is 17.2. The minimum atomic E-state index is 0.670. The molecule has 6 heteroatoms. The number of anilines is 2. The maximum Gasteiger partial charge on any atom is 0.224 e. The largest absolute Gasteiger partial charge is 0.497 e. The molecule has 2 aromatic rings. The molecule has 130 valence electrons. The number of rotatable bonds is 10. The molecular formula is C18H27N5O. The molecule has 0 bridgehead atoms. The van der Waals surface area contributed by atoms with Gasteiger partial charge in [0.05, 0.1) is 7.11 Å². The van der Waals surface area contributed by atoms with Crippen LogP contribution in [0.2, 0.25) is 0 Å². The molecule has 1 aromatic heterocycles. The van der Waals surface area contributed by atoms with Gasteiger partial charge in [0.1, 0.15) is 11.6 Å². The van der Waals surface area contributed by atoms with E-state index in [2.05, 4.69) is 51.7 Å². The highest BCUT2D eigenvalue weighted by atomic mass is 16.5. The number of nitrogens with one attached hydrogen (secondary N) is 2. The molecule has 24 heavy (non-hydrogen) atoms. The van der Waals surface area contributed by atoms with Crippen molar-refractivity contribution in [3.8, 4) is 5.75 Å². The van der Waals surface area contributed by atoms with Crippen molar-refractivity contribution in [2.75, 3.05) is 51.5 Å². The van der Waals surface area contributed by atoms with Crippen LogP contribution in [0.3, 0.4) is 0 Å². The summed E-state index contributed by atoms with van der Waals surface area (Å²) < 4.78 is 5.17. The molecule has 0 spiro atoms. The summed E-state index contributed by atoms with van der Waals surface area (Å²) >= 11 is 0. The molecule has 0 amide bonds. The van der Waals surface area contributed by atoms with Crippen molar-refractivity contribution in [1.29, 1.82) is 0 Å². The SMILES string of the molecule is COc1ccc(CCNc2ccnc(NCCCN(C)C)n2)cc1. The maximum atomic E-state index is 5.17. The van der Waals surface area contributed by atoms with E-state index in [-0.39, 0.29) is 0 Å². The van der Waals surface area contributed by atoms with E-state index in [1.54, 1.807) is 13.3 Å². The van der Waals surface area contributed by atoms with Gasteiger partial charge in [-0.05, 0) is 57.2 Å². The van der Waals surface area contributed by atoms with E-state index >= 15 is 0 Å². The minimum Gasteiger partial charge on any atom is -0.497 e. The third-order valence-corrected chi connectivity index (χ3v) is 3.60. The Bertz CT molecular complexity index is 601. The van der Waals surface area contributed by atoms with E-state index in [4.69, 9.17) is 4.74 Å². The molecule has 0 unspecified atom stereocenters. The average Bonchev–Trinajstić information content (AvgIpc) is 2.60. The Morgan fingerprint density at radius 1 is 1.04 bits per heavy atom. The Balaban J connectivity index is 1.74. The Morgan fingerprint density at radius 3 is 2.54 bits per heavy atom. The Morgan fingerprint density at radius 2 is 1.83 bits per heavy atom. The van der Waals surface area contributed by atoms with Crippen LogP contribution in [-0.2, 0) is 6.42 Å². The van der Waals surface area contributed by atoms with Gasteiger partial charge in [-0.3, -0.25) is 0 Å². The highest BCUT2D eigenvalue weighted by Gasteiger charge is 2.00. The smallest absolute Gasteiger partial charge is 0.224 e. The molecule has 0 radical (unpaired) electrons. The van der Waals surface area contributed by atoms with E-state index < -0.39 is 0 Å². The van der Waals surface area contributed by atoms with Crippen LogP contribution >= 0.6 is 0 Å². The Kier molecular flexibility index (Phi) is 7.29. The van der Waals surface area contributed by atoms with Gasteiger partial charge >= 0.3 is 0 Å². The summed E-state index contributed by atoms with van der Waals surface area (Å²) in [5.41, 5.74) is 1.26. The Hall–Kier alpha value is -2.34. The number of benzene rings is 1. The second kappa shape index (κ2) is 9.72. The van der Waals surface area contributed by atoms with Crippen molar-refractivity contribution in [2.24, 2.45) is 0 Å². The number of aromatic nitrogens is 2. The van der Waals surface area contributed by atoms with Crippen LogP contribution in [0.15, 0.2) is 36.5 Å². The summed E-state index contributed by atoms with van der Waals surface area (Å²) in [7, 11) is 5.82. The molecule has 0 aliphatic heterocycles. The van der Waals surface area contributed by atoms with Crippen molar-refractivity contribution in [3.05, 3.63) is 42.1 Å². The van der Waals surface area contributed by atoms with E-state index in [0.29, 0.717) is 5.95 Å². The van der Waals surface area contributed by atoms with E-state index in [0.717, 1.165) is 44.0 Å². The minimum absolute atomic E-state index is 0.670. The van der Waals surface area contributed by atoms with E-state index in [9.17, 15) is 0 Å². The van der Waals surface area contributed by atoms with Gasteiger partial charge in [-0.15, -0.1) is 0 Å². The molecule has 0 aliphatic carbocycles. The first-order valence-corrected chi connectivity index (χ1v) is 8.26. The summed E-state index contributed by atoms with van der Waals surface area (Å²) in [5.74, 6) is 2.39. The normalized spacial score (nSPS) is 10.7. The quantitative estimate of drug-likeness (QED) is 0.653. The van der Waals surface area contributed by atoms with Crippen LogP contribution in [0, 0.1) is 0 Å². The predicted octanol–water partition coefficient (Wildman–Crippen LogP) is 2.50. The van der Waals surface area contributed by atoms with Gasteiger partial charge in [0.15, 0.2) is 0 Å². The van der Waals surface area contributed by atoms with Gasteiger partial charge < -0.3 is 20.3 Å². The first-order valence-electron chi connectivity index (χ1n) is 8.26. The molecule has 1 heterocycles. The van der Waals surface area contributed by atoms with Crippen LogP contribution in [0.4, 0.5) is 11.8 Å². The monoisotopic (exact) mass is 329 g/mol. The lowest BCUT2D eigenvalue weighted by atomic mass is 10.1. The molecule has 2 rings (SSSR count). The molecule has 0 aliphatic rings. The van der Waals surface area contributed by atoms with E-state index in [1.807, 2.05) is 18.2 Å². The van der Waals surface area contributed by atoms with Crippen LogP contribution in [-0.4, -0.2) is 55.7 Å². The zero-order valence-corrected chi connectivity index (χ0v) is 14.7. The van der Waals surface area contributed by atoms with Gasteiger partial charge in [0.25, 0.3) is 0 Å². The summed E-state index contributed by atoms with van der Waals surface area (Å²) in [6.07, 6.45) is 3.77. The van der Waals surface area contributed by atoms with E-state index in [1.165, 1.54) is 5.56 Å². The fraction of sp³-hybridized carbons (Fsp3) is 0.444. The van der Waals surface area contributed by atoms with Crippen LogP contribution in [0.1, 0.15) is 12.0 Å². The lowest BCUT2D eigenvalue weighted by molar-refractivity contribution is 0.405. The standard InChI is InChI=1S/C18H27N5O/c1-23(2)14-4-11-20-18-21-13-10-17(22-18)19-12-9-15-5-7-16(24-3)8-6-15/h5-8,10,13H,4,9,11-12,14H2,1-3H3,(H2,19,20,21,22). The maximum absolute atomic E-state index is 5.17. The summed E-state index contributed by atoms with van der Waals surface area (Å²) in [5, 5.41) is 6.60. The predicted molar refractivity (Wildman–Crippen MR) is 98.9 cm³/mol. The van der Waals surface area contributed by atoms with Crippen LogP contribution in [0.5, 0.6) is 5.75 Å². The summed E-state index contributed by atoms with van der Waals surface area (Å²) in [4.78, 5) is 10.9. The fourth-order valence-corrected chi connectivity index (χ4v) is 2.26. The van der Waals surface area contributed by atoms with Crippen molar-refractivity contribution >= 4 is 11.8 Å². The zero-order valence-electron chi connectivity index (χ0n) is 14.7. The molecule has 6 nitrogen and oxygen atoms in total. The van der Waals surface area contributed by atoms with Gasteiger partial charge in [0.2, 0.25) is 5.95 Å². The molecule has 1 aromatic carbocycles. The third-order valence-electron chi connectivity index (χ3n) is 3.60. The number of ether oxygens (including phenoxy) is 1. The first kappa shape index (κ1) is 18.0. The summed E-state index contributed by atoms with van der Waals surface area (Å²) in [6.45, 7) is 2.74. The van der Waals surface area contributed by atoms with Crippen molar-refractivity contribution in [2.45, 2.75) is 12.8 Å². The van der Waals surface area contributed by atoms with Gasteiger partial charge in [-0.1, -0.05) is 12.1 Å². The number of hydrogen-bond donors (Lipinski definition) is 2. The lowest BCUT2D eigenvalue weighted by Crippen LogP contribution is -2.17. The highest BCUT2D eigenvalue weighted by Crippen LogP contribution is 2.12. The van der Waals surface area contributed by atoms with Gasteiger partial charge in [0, 0.05) is 19.3 Å². The molecule has 0 atom stereocenters. The number of methoxy groups -OCH3 is 1. The summed E-state index contributed by atoms with van der Waals surface area (Å²) in [6, 6.07) is 10.0. The number of nitrogens with zero attached hydrogens (tertiary/aromatic N) is 3. The van der Waals surface area contributed by atoms with Crippen LogP contribution in [0.25, 0.3) is 0 Å². The topological polar surface area (TPSA) is 62.3 Å². The highest BCUT2D eigenvalue weighted by molar-refractivity contribution is 5.39. The third kappa shape index (κ3) is 6.42. The number of hydrogen-bond acceptors (Lipinski definition) is 6. The molecule has 0 fully saturated rings. The molecule has 2 N–H and O–H groups in total. The van der Waals surface area contributed by atoms with Crippen LogP contribution < -0.4 is 15.4 Å². The molecule has 0 saturated carbocycles. The van der Waals surface area contributed by atoms with Crippen molar-refractivity contribution in [3.63, 3.8) is 0 Å². The molecular weight excluding hydrogens is 302 g/mol. The van der Waals surface area contributed by atoms with Gasteiger partial charge in [-0.2, -0.15) is 4.98 Å². The lowest BCUT2D eigenvalue weighted by Gasteiger charge is -2.11. The van der Waals surface area contributed by atoms with Crippen molar-refractivity contribution < 1.29 is 4.74 Å². The first-order chi connectivity index (χ1) is 11.7. The molecule has 0 saturated heterocycles. The fourth-order valence-electron chi connectivity index (χ4n) is 2.26. The Labute approximate surface area is 144 Å². The second-order valence-electron chi connectivity index (χ2n) is 5.87.